The summed E-state index contributed by atoms with van der Waals surface area (Å²) in [6.07, 6.45) is 2.15. The molecule has 0 fully saturated rings. The lowest BCUT2D eigenvalue weighted by atomic mass is 10.2. The van der Waals surface area contributed by atoms with Gasteiger partial charge in [-0.25, -0.2) is 4.98 Å². The van der Waals surface area contributed by atoms with E-state index in [0.29, 0.717) is 11.7 Å². The van der Waals surface area contributed by atoms with E-state index in [-0.39, 0.29) is 0 Å². The molecule has 1 aromatic rings. The van der Waals surface area contributed by atoms with Crippen molar-refractivity contribution >= 4 is 22.4 Å². The Hall–Kier alpha value is -1.14. The average molecular weight is 243 g/mol. The molecule has 0 spiro atoms. The highest BCUT2D eigenvalue weighted by molar-refractivity contribution is 7.13. The molecule has 90 valence electrons. The highest BCUT2D eigenvalue weighted by Gasteiger charge is 2.17. The number of carboxylic acid groups (broad SMARTS) is 1. The standard InChI is InChI=1S/C10H17N3O2S/c1-3-4-6(2)12-10-13-7(5-16-10)8(11)9(14)15/h5-6,8H,3-4,11H2,1-2H3,(H,12,13)(H,14,15). The molecule has 0 aliphatic carbocycles. The Bertz CT molecular complexity index is 354. The first-order valence-corrected chi connectivity index (χ1v) is 6.13. The van der Waals surface area contributed by atoms with Crippen molar-refractivity contribution in [2.75, 3.05) is 5.32 Å². The second kappa shape index (κ2) is 5.81. The minimum absolute atomic E-state index is 0.338. The molecule has 4 N–H and O–H groups in total. The van der Waals surface area contributed by atoms with Crippen LogP contribution in [-0.4, -0.2) is 22.1 Å². The van der Waals surface area contributed by atoms with Gasteiger partial charge in [0.25, 0.3) is 0 Å². The molecule has 0 saturated heterocycles. The number of carbonyl (C=O) groups is 1. The molecule has 1 heterocycles. The summed E-state index contributed by atoms with van der Waals surface area (Å²) in [5, 5.41) is 14.4. The Morgan fingerprint density at radius 3 is 3.00 bits per heavy atom. The maximum atomic E-state index is 10.7. The number of anilines is 1. The summed E-state index contributed by atoms with van der Waals surface area (Å²) in [7, 11) is 0. The predicted molar refractivity (Wildman–Crippen MR) is 64.7 cm³/mol. The molecule has 0 aromatic carbocycles. The minimum Gasteiger partial charge on any atom is -0.480 e. The number of nitrogens with zero attached hydrogens (tertiary/aromatic N) is 1. The van der Waals surface area contributed by atoms with E-state index in [2.05, 4.69) is 24.1 Å². The van der Waals surface area contributed by atoms with E-state index in [1.54, 1.807) is 5.38 Å². The van der Waals surface area contributed by atoms with E-state index in [0.717, 1.165) is 18.0 Å². The SMILES string of the molecule is CCCC(C)Nc1nc(C(N)C(=O)O)cs1. The van der Waals surface area contributed by atoms with Gasteiger partial charge in [0, 0.05) is 11.4 Å². The molecular formula is C10H17N3O2S. The minimum atomic E-state index is -1.06. The molecule has 0 saturated carbocycles. The van der Waals surface area contributed by atoms with Crippen LogP contribution in [0.4, 0.5) is 5.13 Å². The van der Waals surface area contributed by atoms with E-state index in [1.807, 2.05) is 0 Å². The highest BCUT2D eigenvalue weighted by Crippen LogP contribution is 2.20. The molecular weight excluding hydrogens is 226 g/mol. The number of aromatic nitrogens is 1. The summed E-state index contributed by atoms with van der Waals surface area (Å²) >= 11 is 1.38. The number of hydrogen-bond donors (Lipinski definition) is 3. The van der Waals surface area contributed by atoms with Gasteiger partial charge in [0.1, 0.15) is 6.04 Å². The highest BCUT2D eigenvalue weighted by atomic mass is 32.1. The molecule has 16 heavy (non-hydrogen) atoms. The second-order valence-corrected chi connectivity index (χ2v) is 4.59. The maximum absolute atomic E-state index is 10.7. The topological polar surface area (TPSA) is 88.2 Å². The van der Waals surface area contributed by atoms with Gasteiger partial charge in [0.15, 0.2) is 5.13 Å². The number of aliphatic carboxylic acids is 1. The monoisotopic (exact) mass is 243 g/mol. The molecule has 5 nitrogen and oxygen atoms in total. The maximum Gasteiger partial charge on any atom is 0.326 e. The lowest BCUT2D eigenvalue weighted by Crippen LogP contribution is -2.21. The zero-order chi connectivity index (χ0) is 12.1. The summed E-state index contributed by atoms with van der Waals surface area (Å²) in [5.74, 6) is -1.06. The van der Waals surface area contributed by atoms with Gasteiger partial charge in [-0.1, -0.05) is 13.3 Å². The fourth-order valence-electron chi connectivity index (χ4n) is 1.34. The molecule has 0 aliphatic heterocycles. The largest absolute Gasteiger partial charge is 0.480 e. The van der Waals surface area contributed by atoms with Gasteiger partial charge < -0.3 is 16.2 Å². The molecule has 0 bridgehead atoms. The zero-order valence-corrected chi connectivity index (χ0v) is 10.3. The fraction of sp³-hybridized carbons (Fsp3) is 0.600. The lowest BCUT2D eigenvalue weighted by Gasteiger charge is -2.10. The van der Waals surface area contributed by atoms with Crippen molar-refractivity contribution in [2.45, 2.75) is 38.8 Å². The molecule has 0 amide bonds. The number of thiazole rings is 1. The normalized spacial score (nSPS) is 14.4. The summed E-state index contributed by atoms with van der Waals surface area (Å²) < 4.78 is 0. The Balaban J connectivity index is 2.61. The van der Waals surface area contributed by atoms with Crippen LogP contribution in [0.1, 0.15) is 38.4 Å². The van der Waals surface area contributed by atoms with Gasteiger partial charge in [-0.3, -0.25) is 4.79 Å². The van der Waals surface area contributed by atoms with Gasteiger partial charge in [0.05, 0.1) is 5.69 Å². The molecule has 2 unspecified atom stereocenters. The summed E-state index contributed by atoms with van der Waals surface area (Å²) in [4.78, 5) is 14.8. The molecule has 0 aliphatic rings. The van der Waals surface area contributed by atoms with Crippen molar-refractivity contribution < 1.29 is 9.90 Å². The number of hydrogen-bond acceptors (Lipinski definition) is 5. The summed E-state index contributed by atoms with van der Waals surface area (Å²) in [6, 6.07) is -0.696. The van der Waals surface area contributed by atoms with Crippen LogP contribution in [0.3, 0.4) is 0 Å². The first-order chi connectivity index (χ1) is 7.54. The second-order valence-electron chi connectivity index (χ2n) is 3.73. The quantitative estimate of drug-likeness (QED) is 0.709. The van der Waals surface area contributed by atoms with Crippen LogP contribution in [0.15, 0.2) is 5.38 Å². The van der Waals surface area contributed by atoms with Crippen molar-refractivity contribution in [3.05, 3.63) is 11.1 Å². The smallest absolute Gasteiger partial charge is 0.326 e. The average Bonchev–Trinajstić information content (AvgIpc) is 2.65. The van der Waals surface area contributed by atoms with Crippen LogP contribution in [0.5, 0.6) is 0 Å². The van der Waals surface area contributed by atoms with E-state index >= 15 is 0 Å². The van der Waals surface area contributed by atoms with E-state index in [4.69, 9.17) is 10.8 Å². The lowest BCUT2D eigenvalue weighted by molar-refractivity contribution is -0.138. The number of nitrogens with two attached hydrogens (primary N) is 1. The van der Waals surface area contributed by atoms with Crippen LogP contribution >= 0.6 is 11.3 Å². The van der Waals surface area contributed by atoms with Gasteiger partial charge in [0.2, 0.25) is 0 Å². The van der Waals surface area contributed by atoms with Crippen molar-refractivity contribution in [3.63, 3.8) is 0 Å². The Kier molecular flexibility index (Phi) is 4.70. The molecule has 1 aromatic heterocycles. The number of carboxylic acids is 1. The van der Waals surface area contributed by atoms with Gasteiger partial charge in [-0.2, -0.15) is 0 Å². The van der Waals surface area contributed by atoms with Crippen molar-refractivity contribution in [1.82, 2.24) is 4.98 Å². The zero-order valence-electron chi connectivity index (χ0n) is 9.43. The third-order valence-corrected chi connectivity index (χ3v) is 2.99. The van der Waals surface area contributed by atoms with Gasteiger partial charge in [-0.05, 0) is 13.3 Å². The Morgan fingerprint density at radius 2 is 2.44 bits per heavy atom. The van der Waals surface area contributed by atoms with Crippen LogP contribution < -0.4 is 11.1 Å². The molecule has 2 atom stereocenters. The first kappa shape index (κ1) is 12.9. The fourth-order valence-corrected chi connectivity index (χ4v) is 2.20. The molecule has 1 rings (SSSR count). The van der Waals surface area contributed by atoms with Crippen molar-refractivity contribution in [2.24, 2.45) is 5.73 Å². The van der Waals surface area contributed by atoms with Crippen molar-refractivity contribution in [3.8, 4) is 0 Å². The first-order valence-electron chi connectivity index (χ1n) is 5.25. The summed E-state index contributed by atoms with van der Waals surface area (Å²) in [6.45, 7) is 4.19. The van der Waals surface area contributed by atoms with Crippen LogP contribution in [-0.2, 0) is 4.79 Å². The van der Waals surface area contributed by atoms with E-state index < -0.39 is 12.0 Å². The number of nitrogens with one attached hydrogen (secondary N) is 1. The number of rotatable bonds is 6. The van der Waals surface area contributed by atoms with Gasteiger partial charge in [-0.15, -0.1) is 11.3 Å². The van der Waals surface area contributed by atoms with E-state index in [9.17, 15) is 4.79 Å². The van der Waals surface area contributed by atoms with Crippen molar-refractivity contribution in [1.29, 1.82) is 0 Å². The third kappa shape index (κ3) is 3.46. The molecule has 6 heteroatoms. The summed E-state index contributed by atoms with van der Waals surface area (Å²) in [5.41, 5.74) is 5.86. The van der Waals surface area contributed by atoms with Gasteiger partial charge >= 0.3 is 5.97 Å². The Morgan fingerprint density at radius 1 is 1.75 bits per heavy atom. The Labute approximate surface area is 98.7 Å². The predicted octanol–water partition coefficient (Wildman–Crippen LogP) is 1.83. The van der Waals surface area contributed by atoms with Crippen LogP contribution in [0.25, 0.3) is 0 Å². The third-order valence-electron chi connectivity index (χ3n) is 2.20. The van der Waals surface area contributed by atoms with Crippen LogP contribution in [0.2, 0.25) is 0 Å². The van der Waals surface area contributed by atoms with Crippen LogP contribution in [0, 0.1) is 0 Å². The van der Waals surface area contributed by atoms with E-state index in [1.165, 1.54) is 11.3 Å². The molecule has 0 radical (unpaired) electrons.